The summed E-state index contributed by atoms with van der Waals surface area (Å²) in [6.45, 7) is -0.433. The number of aromatic nitrogens is 2. The minimum Gasteiger partial charge on any atom is -0.455 e. The Bertz CT molecular complexity index is 1060. The van der Waals surface area contributed by atoms with Gasteiger partial charge in [-0.05, 0) is 42.5 Å². The van der Waals surface area contributed by atoms with Gasteiger partial charge in [0.2, 0.25) is 0 Å². The third-order valence-electron chi connectivity index (χ3n) is 3.67. The third-order valence-corrected chi connectivity index (χ3v) is 4.61. The van der Waals surface area contributed by atoms with Gasteiger partial charge >= 0.3 is 5.97 Å². The van der Waals surface area contributed by atoms with E-state index in [4.69, 9.17) is 10.00 Å². The third kappa shape index (κ3) is 5.67. The van der Waals surface area contributed by atoms with Crippen molar-refractivity contribution >= 4 is 29.3 Å². The Hall–Kier alpha value is -3.64. The van der Waals surface area contributed by atoms with Crippen molar-refractivity contribution in [2.24, 2.45) is 0 Å². The second-order valence-corrected chi connectivity index (χ2v) is 6.69. The first kappa shape index (κ1) is 20.1. The maximum Gasteiger partial charge on any atom is 0.316 e. The number of esters is 1. The highest BCUT2D eigenvalue weighted by molar-refractivity contribution is 7.99. The van der Waals surface area contributed by atoms with Crippen LogP contribution in [0.3, 0.4) is 0 Å². The summed E-state index contributed by atoms with van der Waals surface area (Å²) in [4.78, 5) is 27.9. The summed E-state index contributed by atoms with van der Waals surface area (Å²) in [7, 11) is 0. The van der Waals surface area contributed by atoms with E-state index in [-0.39, 0.29) is 11.6 Å². The first-order valence-electron chi connectivity index (χ1n) is 8.43. The number of ether oxygens (including phenoxy) is 1. The summed E-state index contributed by atoms with van der Waals surface area (Å²) >= 11 is 1.11. The van der Waals surface area contributed by atoms with Gasteiger partial charge in [0.05, 0.1) is 23.1 Å². The lowest BCUT2D eigenvalue weighted by Gasteiger charge is -2.08. The smallest absolute Gasteiger partial charge is 0.316 e. The molecule has 146 valence electrons. The monoisotopic (exact) mass is 410 g/mol. The molecule has 0 saturated heterocycles. The zero-order valence-corrected chi connectivity index (χ0v) is 15.9. The Morgan fingerprint density at radius 2 is 2.03 bits per heavy atom. The first-order valence-corrected chi connectivity index (χ1v) is 9.41. The van der Waals surface area contributed by atoms with E-state index < -0.39 is 18.5 Å². The Morgan fingerprint density at radius 1 is 1.24 bits per heavy atom. The van der Waals surface area contributed by atoms with Crippen molar-refractivity contribution in [3.05, 3.63) is 72.3 Å². The topological polar surface area (TPSA) is 97.0 Å². The molecular formula is C20H15FN4O3S. The number of amides is 1. The molecule has 1 amide bonds. The lowest BCUT2D eigenvalue weighted by atomic mass is 10.2. The Morgan fingerprint density at radius 3 is 2.76 bits per heavy atom. The molecular weight excluding hydrogens is 395 g/mol. The number of benzene rings is 2. The fourth-order valence-electron chi connectivity index (χ4n) is 2.36. The number of anilines is 1. The van der Waals surface area contributed by atoms with Gasteiger partial charge in [-0.25, -0.2) is 9.37 Å². The van der Waals surface area contributed by atoms with Gasteiger partial charge in [0.1, 0.15) is 5.82 Å². The van der Waals surface area contributed by atoms with Crippen LogP contribution in [0.15, 0.2) is 66.1 Å². The lowest BCUT2D eigenvalue weighted by molar-refractivity contribution is -0.144. The van der Waals surface area contributed by atoms with Crippen molar-refractivity contribution < 1.29 is 18.7 Å². The second-order valence-electron chi connectivity index (χ2n) is 5.75. The largest absolute Gasteiger partial charge is 0.455 e. The van der Waals surface area contributed by atoms with Crippen molar-refractivity contribution in [1.29, 1.82) is 5.26 Å². The molecule has 3 rings (SSSR count). The number of nitriles is 1. The highest BCUT2D eigenvalue weighted by atomic mass is 32.2. The molecule has 0 aliphatic heterocycles. The molecule has 0 radical (unpaired) electrons. The summed E-state index contributed by atoms with van der Waals surface area (Å²) in [5, 5.41) is 11.8. The van der Waals surface area contributed by atoms with E-state index in [0.29, 0.717) is 22.1 Å². The summed E-state index contributed by atoms with van der Waals surface area (Å²) in [5.74, 6) is -1.51. The van der Waals surface area contributed by atoms with E-state index in [0.717, 1.165) is 11.8 Å². The van der Waals surface area contributed by atoms with Crippen molar-refractivity contribution in [2.45, 2.75) is 5.16 Å². The standard InChI is InChI=1S/C20H15FN4O3S/c21-15-2-1-3-17(10-15)25-9-8-23-20(25)29-13-19(27)28-12-18(26)24-16-6-4-14(11-22)5-7-16/h1-10H,12-13H2,(H,24,26). The fraction of sp³-hybridized carbons (Fsp3) is 0.100. The first-order chi connectivity index (χ1) is 14.0. The van der Waals surface area contributed by atoms with E-state index in [9.17, 15) is 14.0 Å². The highest BCUT2D eigenvalue weighted by Crippen LogP contribution is 2.21. The molecule has 0 unspecified atom stereocenters. The van der Waals surface area contributed by atoms with Crippen LogP contribution >= 0.6 is 11.8 Å². The van der Waals surface area contributed by atoms with E-state index >= 15 is 0 Å². The van der Waals surface area contributed by atoms with Gasteiger partial charge in [-0.15, -0.1) is 0 Å². The maximum absolute atomic E-state index is 13.4. The van der Waals surface area contributed by atoms with Crippen LogP contribution in [0.25, 0.3) is 5.69 Å². The molecule has 3 aromatic rings. The zero-order valence-electron chi connectivity index (χ0n) is 15.0. The van der Waals surface area contributed by atoms with Gasteiger partial charge in [-0.2, -0.15) is 5.26 Å². The average molecular weight is 410 g/mol. The number of carbonyl (C=O) groups is 2. The number of hydrogen-bond donors (Lipinski definition) is 1. The van der Waals surface area contributed by atoms with Gasteiger partial charge in [-0.1, -0.05) is 17.8 Å². The average Bonchev–Trinajstić information content (AvgIpc) is 3.20. The van der Waals surface area contributed by atoms with Crippen LogP contribution in [0.2, 0.25) is 0 Å². The summed E-state index contributed by atoms with van der Waals surface area (Å²) < 4.78 is 20.0. The number of thioether (sulfide) groups is 1. The van der Waals surface area contributed by atoms with E-state index in [2.05, 4.69) is 10.3 Å². The quantitative estimate of drug-likeness (QED) is 0.475. The number of rotatable bonds is 7. The lowest BCUT2D eigenvalue weighted by Crippen LogP contribution is -2.21. The highest BCUT2D eigenvalue weighted by Gasteiger charge is 2.12. The Balaban J connectivity index is 1.47. The van der Waals surface area contributed by atoms with Crippen molar-refractivity contribution in [3.63, 3.8) is 0 Å². The number of hydrogen-bond acceptors (Lipinski definition) is 6. The second kappa shape index (κ2) is 9.52. The number of halogens is 1. The van der Waals surface area contributed by atoms with Crippen LogP contribution in [0.4, 0.5) is 10.1 Å². The molecule has 0 bridgehead atoms. The number of nitrogens with zero attached hydrogens (tertiary/aromatic N) is 3. The SMILES string of the molecule is N#Cc1ccc(NC(=O)COC(=O)CSc2nccn2-c2cccc(F)c2)cc1. The molecule has 9 heteroatoms. The Labute approximate surface area is 170 Å². The van der Waals surface area contributed by atoms with E-state index in [1.54, 1.807) is 53.4 Å². The minimum absolute atomic E-state index is 0.0591. The van der Waals surface area contributed by atoms with Gasteiger partial charge < -0.3 is 10.1 Å². The van der Waals surface area contributed by atoms with Crippen molar-refractivity contribution in [2.75, 3.05) is 17.7 Å². The molecule has 0 spiro atoms. The molecule has 7 nitrogen and oxygen atoms in total. The fourth-order valence-corrected chi connectivity index (χ4v) is 3.13. The van der Waals surface area contributed by atoms with Crippen LogP contribution in [-0.2, 0) is 14.3 Å². The van der Waals surface area contributed by atoms with E-state index in [1.165, 1.54) is 12.1 Å². The van der Waals surface area contributed by atoms with Crippen LogP contribution in [0, 0.1) is 17.1 Å². The number of imidazole rings is 1. The molecule has 0 aliphatic carbocycles. The van der Waals surface area contributed by atoms with Gasteiger partial charge in [0, 0.05) is 18.1 Å². The number of nitrogens with one attached hydrogen (secondary N) is 1. The van der Waals surface area contributed by atoms with Crippen LogP contribution in [0.5, 0.6) is 0 Å². The van der Waals surface area contributed by atoms with E-state index in [1.807, 2.05) is 6.07 Å². The molecule has 1 heterocycles. The summed E-state index contributed by atoms with van der Waals surface area (Å²) in [5.41, 5.74) is 1.56. The van der Waals surface area contributed by atoms with Crippen LogP contribution in [-0.4, -0.2) is 33.8 Å². The maximum atomic E-state index is 13.4. The molecule has 0 fully saturated rings. The van der Waals surface area contributed by atoms with Crippen molar-refractivity contribution in [1.82, 2.24) is 9.55 Å². The number of carbonyl (C=O) groups excluding carboxylic acids is 2. The summed E-state index contributed by atoms with van der Waals surface area (Å²) in [6, 6.07) is 14.3. The van der Waals surface area contributed by atoms with Gasteiger partial charge in [0.15, 0.2) is 11.8 Å². The molecule has 1 aromatic heterocycles. The molecule has 29 heavy (non-hydrogen) atoms. The van der Waals surface area contributed by atoms with Crippen LogP contribution < -0.4 is 5.32 Å². The molecule has 0 atom stereocenters. The minimum atomic E-state index is -0.584. The molecule has 2 aromatic carbocycles. The predicted octanol–water partition coefficient (Wildman–Crippen LogP) is 3.16. The van der Waals surface area contributed by atoms with Crippen LogP contribution in [0.1, 0.15) is 5.56 Å². The zero-order chi connectivity index (χ0) is 20.6. The molecule has 0 saturated carbocycles. The Kier molecular flexibility index (Phi) is 6.60. The molecule has 0 aliphatic rings. The van der Waals surface area contributed by atoms with Gasteiger partial charge in [0.25, 0.3) is 5.91 Å². The normalized spacial score (nSPS) is 10.2. The van der Waals surface area contributed by atoms with Crippen molar-refractivity contribution in [3.8, 4) is 11.8 Å². The predicted molar refractivity (Wildman–Crippen MR) is 105 cm³/mol. The van der Waals surface area contributed by atoms with Gasteiger partial charge in [-0.3, -0.25) is 14.2 Å². The summed E-state index contributed by atoms with van der Waals surface area (Å²) in [6.07, 6.45) is 3.21. The molecule has 1 N–H and O–H groups in total.